The van der Waals surface area contributed by atoms with Crippen LogP contribution in [0.4, 0.5) is 8.78 Å². The van der Waals surface area contributed by atoms with Crippen molar-refractivity contribution in [2.45, 2.75) is 19.0 Å². The molecule has 84 valence electrons. The number of nitrogens with zero attached hydrogens (tertiary/aromatic N) is 1. The van der Waals surface area contributed by atoms with Crippen LogP contribution in [0.15, 0.2) is 0 Å². The van der Waals surface area contributed by atoms with Gasteiger partial charge in [0.2, 0.25) is 0 Å². The highest BCUT2D eigenvalue weighted by Crippen LogP contribution is 2.03. The summed E-state index contributed by atoms with van der Waals surface area (Å²) in [5, 5.41) is 3.21. The number of nitrogens with one attached hydrogen (secondary N) is 1. The minimum absolute atomic E-state index is 0.153. The summed E-state index contributed by atoms with van der Waals surface area (Å²) in [5.74, 6) is 0. The molecule has 0 aromatic rings. The van der Waals surface area contributed by atoms with Gasteiger partial charge in [-0.2, -0.15) is 0 Å². The summed E-state index contributed by atoms with van der Waals surface area (Å²) in [6.07, 6.45) is -1.25. The van der Waals surface area contributed by atoms with Crippen LogP contribution in [0.2, 0.25) is 0 Å². The summed E-state index contributed by atoms with van der Waals surface area (Å²) in [6.45, 7) is 2.96. The molecule has 1 unspecified atom stereocenters. The first-order chi connectivity index (χ1) is 6.68. The smallest absolute Gasteiger partial charge is 0.251 e. The molecule has 1 aliphatic rings. The van der Waals surface area contributed by atoms with E-state index in [1.54, 1.807) is 11.9 Å². The van der Waals surface area contributed by atoms with E-state index < -0.39 is 6.43 Å². The van der Waals surface area contributed by atoms with Gasteiger partial charge in [0.15, 0.2) is 0 Å². The number of hydrogen-bond donors (Lipinski definition) is 1. The Hall–Kier alpha value is -0.260. The molecular formula is C9H18F2N2O. The normalized spacial score (nSPS) is 23.4. The van der Waals surface area contributed by atoms with E-state index in [0.717, 1.165) is 26.1 Å². The highest BCUT2D eigenvalue weighted by Gasteiger charge is 2.14. The van der Waals surface area contributed by atoms with E-state index >= 15 is 0 Å². The van der Waals surface area contributed by atoms with Crippen molar-refractivity contribution in [1.82, 2.24) is 10.2 Å². The Morgan fingerprint density at radius 1 is 1.57 bits per heavy atom. The van der Waals surface area contributed by atoms with Crippen LogP contribution >= 0.6 is 0 Å². The molecule has 5 heteroatoms. The van der Waals surface area contributed by atoms with Crippen molar-refractivity contribution in [2.75, 3.05) is 39.8 Å². The molecule has 3 nitrogen and oxygen atoms in total. The maximum absolute atomic E-state index is 12.0. The summed E-state index contributed by atoms with van der Waals surface area (Å²) in [5.41, 5.74) is 0. The van der Waals surface area contributed by atoms with E-state index in [1.807, 2.05) is 0 Å². The van der Waals surface area contributed by atoms with Crippen molar-refractivity contribution >= 4 is 0 Å². The van der Waals surface area contributed by atoms with Gasteiger partial charge in [-0.1, -0.05) is 0 Å². The number of rotatable bonds is 5. The lowest BCUT2D eigenvalue weighted by atomic mass is 10.2. The third-order valence-corrected chi connectivity index (χ3v) is 2.29. The van der Waals surface area contributed by atoms with Gasteiger partial charge in [-0.25, -0.2) is 8.78 Å². The van der Waals surface area contributed by atoms with Gasteiger partial charge in [0.1, 0.15) is 0 Å². The number of ether oxygens (including phenoxy) is 1. The fraction of sp³-hybridized carbons (Fsp3) is 1.00. The molecule has 1 atom stereocenters. The van der Waals surface area contributed by atoms with Crippen molar-refractivity contribution in [3.05, 3.63) is 0 Å². The lowest BCUT2D eigenvalue weighted by Crippen LogP contribution is -2.40. The quantitative estimate of drug-likeness (QED) is 0.714. The molecule has 1 rings (SSSR count). The molecule has 0 aromatic carbocycles. The average molecular weight is 208 g/mol. The van der Waals surface area contributed by atoms with Crippen molar-refractivity contribution in [2.24, 2.45) is 0 Å². The summed E-state index contributed by atoms with van der Waals surface area (Å²) < 4.78 is 29.4. The Balaban J connectivity index is 2.06. The van der Waals surface area contributed by atoms with E-state index in [1.165, 1.54) is 0 Å². The van der Waals surface area contributed by atoms with E-state index in [0.29, 0.717) is 6.54 Å². The fourth-order valence-corrected chi connectivity index (χ4v) is 1.50. The largest absolute Gasteiger partial charge is 0.376 e. The monoisotopic (exact) mass is 208 g/mol. The minimum Gasteiger partial charge on any atom is -0.376 e. The first-order valence-corrected chi connectivity index (χ1v) is 4.97. The molecule has 1 aliphatic heterocycles. The Morgan fingerprint density at radius 3 is 2.93 bits per heavy atom. The second-order valence-electron chi connectivity index (χ2n) is 3.64. The van der Waals surface area contributed by atoms with Crippen LogP contribution < -0.4 is 5.32 Å². The highest BCUT2D eigenvalue weighted by molar-refractivity contribution is 4.68. The van der Waals surface area contributed by atoms with Crippen LogP contribution in [0.3, 0.4) is 0 Å². The summed E-state index contributed by atoms with van der Waals surface area (Å²) in [4.78, 5) is 1.64. The molecule has 0 aliphatic carbocycles. The van der Waals surface area contributed by atoms with Crippen molar-refractivity contribution in [3.63, 3.8) is 0 Å². The zero-order chi connectivity index (χ0) is 10.4. The first kappa shape index (κ1) is 11.8. The molecule has 1 saturated heterocycles. The van der Waals surface area contributed by atoms with Crippen LogP contribution in [-0.4, -0.2) is 57.3 Å². The zero-order valence-corrected chi connectivity index (χ0v) is 8.51. The highest BCUT2D eigenvalue weighted by atomic mass is 19.3. The maximum atomic E-state index is 12.0. The lowest BCUT2D eigenvalue weighted by molar-refractivity contribution is 0.0148. The lowest BCUT2D eigenvalue weighted by Gasteiger charge is -2.25. The van der Waals surface area contributed by atoms with E-state index in [-0.39, 0.29) is 12.6 Å². The molecule has 0 radical (unpaired) electrons. The molecule has 1 fully saturated rings. The van der Waals surface area contributed by atoms with Crippen LogP contribution in [0.1, 0.15) is 6.42 Å². The first-order valence-electron chi connectivity index (χ1n) is 4.97. The van der Waals surface area contributed by atoms with Gasteiger partial charge >= 0.3 is 0 Å². The van der Waals surface area contributed by atoms with E-state index in [4.69, 9.17) is 4.74 Å². The van der Waals surface area contributed by atoms with Gasteiger partial charge in [-0.3, -0.25) is 0 Å². The molecule has 0 amide bonds. The van der Waals surface area contributed by atoms with Gasteiger partial charge in [-0.15, -0.1) is 0 Å². The standard InChI is InChI=1S/C9H18F2N2O/c1-13(7-9(10)11)4-2-8-6-12-3-5-14-8/h8-9,12H,2-7H2,1H3. The molecule has 0 spiro atoms. The van der Waals surface area contributed by atoms with Gasteiger partial charge in [-0.05, 0) is 13.5 Å². The number of hydrogen-bond acceptors (Lipinski definition) is 3. The minimum atomic E-state index is -2.25. The second kappa shape index (κ2) is 6.27. The van der Waals surface area contributed by atoms with Crippen LogP contribution in [-0.2, 0) is 4.74 Å². The summed E-state index contributed by atoms with van der Waals surface area (Å²) in [7, 11) is 1.71. The Kier molecular flexibility index (Phi) is 5.29. The SMILES string of the molecule is CN(CCC1CNCCO1)CC(F)F. The van der Waals surface area contributed by atoms with Gasteiger partial charge in [0.05, 0.1) is 19.3 Å². The van der Waals surface area contributed by atoms with Crippen molar-refractivity contribution in [1.29, 1.82) is 0 Å². The van der Waals surface area contributed by atoms with Gasteiger partial charge < -0.3 is 15.0 Å². The van der Waals surface area contributed by atoms with Gasteiger partial charge in [0, 0.05) is 19.6 Å². The number of morpholine rings is 1. The molecular weight excluding hydrogens is 190 g/mol. The Morgan fingerprint density at radius 2 is 2.36 bits per heavy atom. The van der Waals surface area contributed by atoms with Crippen molar-refractivity contribution < 1.29 is 13.5 Å². The molecule has 1 heterocycles. The predicted molar refractivity (Wildman–Crippen MR) is 50.7 cm³/mol. The number of halogens is 2. The van der Waals surface area contributed by atoms with Crippen molar-refractivity contribution in [3.8, 4) is 0 Å². The second-order valence-corrected chi connectivity index (χ2v) is 3.64. The van der Waals surface area contributed by atoms with Crippen LogP contribution in [0, 0.1) is 0 Å². The third kappa shape index (κ3) is 4.83. The Bertz CT molecular complexity index is 152. The zero-order valence-electron chi connectivity index (χ0n) is 8.51. The van der Waals surface area contributed by atoms with Gasteiger partial charge in [0.25, 0.3) is 6.43 Å². The average Bonchev–Trinajstić information content (AvgIpc) is 2.15. The Labute approximate surface area is 83.4 Å². The van der Waals surface area contributed by atoms with E-state index in [2.05, 4.69) is 5.32 Å². The maximum Gasteiger partial charge on any atom is 0.251 e. The van der Waals surface area contributed by atoms with Crippen LogP contribution in [0.5, 0.6) is 0 Å². The topological polar surface area (TPSA) is 24.5 Å². The molecule has 0 bridgehead atoms. The molecule has 1 N–H and O–H groups in total. The summed E-state index contributed by atoms with van der Waals surface area (Å²) in [6, 6.07) is 0. The molecule has 0 aromatic heterocycles. The predicted octanol–water partition coefficient (Wildman–Crippen LogP) is 0.562. The van der Waals surface area contributed by atoms with E-state index in [9.17, 15) is 8.78 Å². The number of alkyl halides is 2. The van der Waals surface area contributed by atoms with Crippen LogP contribution in [0.25, 0.3) is 0 Å². The summed E-state index contributed by atoms with van der Waals surface area (Å²) >= 11 is 0. The fourth-order valence-electron chi connectivity index (χ4n) is 1.50. The molecule has 14 heavy (non-hydrogen) atoms. The third-order valence-electron chi connectivity index (χ3n) is 2.29. The molecule has 0 saturated carbocycles.